The van der Waals surface area contributed by atoms with E-state index in [1.54, 1.807) is 11.3 Å². The van der Waals surface area contributed by atoms with Crippen LogP contribution in [0.1, 0.15) is 4.88 Å². The minimum absolute atomic E-state index is 0.482. The largest absolute Gasteiger partial charge is 0.299 e. The molecule has 0 fully saturated rings. The first kappa shape index (κ1) is 7.69. The van der Waals surface area contributed by atoms with Crippen LogP contribution in [0.3, 0.4) is 0 Å². The smallest absolute Gasteiger partial charge is 0.0706 e. The van der Waals surface area contributed by atoms with Gasteiger partial charge in [-0.15, -0.1) is 11.3 Å². The lowest BCUT2D eigenvalue weighted by Gasteiger charge is -1.87. The Kier molecular flexibility index (Phi) is 2.40. The summed E-state index contributed by atoms with van der Waals surface area (Å²) in [6, 6.07) is 3.83. The van der Waals surface area contributed by atoms with Gasteiger partial charge in [0, 0.05) is 0 Å². The summed E-state index contributed by atoms with van der Waals surface area (Å²) in [5.41, 5.74) is 0.482. The van der Waals surface area contributed by atoms with E-state index in [4.69, 9.17) is 5.41 Å². The van der Waals surface area contributed by atoms with Crippen molar-refractivity contribution < 1.29 is 0 Å². The lowest BCUT2D eigenvalue weighted by Crippen LogP contribution is -1.86. The highest BCUT2D eigenvalue weighted by molar-refractivity contribution is 9.11. The molecule has 0 aliphatic heterocycles. The second kappa shape index (κ2) is 3.12. The number of thiophene rings is 1. The van der Waals surface area contributed by atoms with Crippen molar-refractivity contribution in [2.75, 3.05) is 0 Å². The molecule has 1 heterocycles. The summed E-state index contributed by atoms with van der Waals surface area (Å²) in [6.45, 7) is 3.51. The zero-order chi connectivity index (χ0) is 7.56. The molecule has 1 nitrogen and oxygen atoms in total. The predicted molar refractivity (Wildman–Crippen MR) is 49.0 cm³/mol. The van der Waals surface area contributed by atoms with Crippen LogP contribution in [-0.2, 0) is 0 Å². The molecule has 1 N–H and O–H groups in total. The van der Waals surface area contributed by atoms with Gasteiger partial charge in [-0.05, 0) is 34.1 Å². The molecule has 0 unspecified atom stereocenters. The third kappa shape index (κ3) is 1.55. The fraction of sp³-hybridized carbons (Fsp3) is 0. The predicted octanol–water partition coefficient (Wildman–Crippen LogP) is 3.06. The van der Waals surface area contributed by atoms with E-state index in [2.05, 4.69) is 22.5 Å². The number of hydrogen-bond donors (Lipinski definition) is 1. The normalized spacial score (nSPS) is 9.30. The van der Waals surface area contributed by atoms with E-state index < -0.39 is 0 Å². The summed E-state index contributed by atoms with van der Waals surface area (Å²) in [5, 5.41) is 7.36. The van der Waals surface area contributed by atoms with Crippen LogP contribution in [0.25, 0.3) is 0 Å². The van der Waals surface area contributed by atoms with Gasteiger partial charge in [0.2, 0.25) is 0 Å². The Hall–Kier alpha value is -0.410. The molecule has 0 bridgehead atoms. The highest BCUT2D eigenvalue weighted by atomic mass is 79.9. The number of allylic oxidation sites excluding steroid dienone is 1. The third-order valence-electron chi connectivity index (χ3n) is 1.04. The van der Waals surface area contributed by atoms with Gasteiger partial charge < -0.3 is 0 Å². The minimum Gasteiger partial charge on any atom is -0.299 e. The zero-order valence-electron chi connectivity index (χ0n) is 5.23. The summed E-state index contributed by atoms with van der Waals surface area (Å²) in [7, 11) is 0. The number of hydrogen-bond acceptors (Lipinski definition) is 2. The fourth-order valence-corrected chi connectivity index (χ4v) is 1.89. The van der Waals surface area contributed by atoms with Crippen LogP contribution >= 0.6 is 27.3 Å². The molecule has 0 radical (unpaired) electrons. The van der Waals surface area contributed by atoms with Gasteiger partial charge in [-0.25, -0.2) is 0 Å². The van der Waals surface area contributed by atoms with Crippen molar-refractivity contribution >= 4 is 33.0 Å². The molecule has 0 aliphatic carbocycles. The maximum Gasteiger partial charge on any atom is 0.0706 e. The van der Waals surface area contributed by atoms with E-state index in [0.717, 1.165) is 8.66 Å². The third-order valence-corrected chi connectivity index (χ3v) is 2.70. The van der Waals surface area contributed by atoms with E-state index in [-0.39, 0.29) is 0 Å². The molecule has 0 spiro atoms. The Morgan fingerprint density at radius 3 is 2.80 bits per heavy atom. The molecule has 10 heavy (non-hydrogen) atoms. The summed E-state index contributed by atoms with van der Waals surface area (Å²) >= 11 is 4.86. The molecule has 0 aromatic carbocycles. The van der Waals surface area contributed by atoms with Gasteiger partial charge in [0.1, 0.15) is 0 Å². The first-order chi connectivity index (χ1) is 4.74. The summed E-state index contributed by atoms with van der Waals surface area (Å²) < 4.78 is 1.05. The second-order valence-corrected chi connectivity index (χ2v) is 4.18. The highest BCUT2D eigenvalue weighted by Crippen LogP contribution is 2.22. The lowest BCUT2D eigenvalue weighted by atomic mass is 10.3. The van der Waals surface area contributed by atoms with Crippen LogP contribution in [0, 0.1) is 5.41 Å². The Morgan fingerprint density at radius 1 is 1.70 bits per heavy atom. The maximum absolute atomic E-state index is 7.36. The van der Waals surface area contributed by atoms with E-state index in [0.29, 0.717) is 5.71 Å². The van der Waals surface area contributed by atoms with Gasteiger partial charge in [0.05, 0.1) is 14.4 Å². The zero-order valence-corrected chi connectivity index (χ0v) is 7.63. The molecular formula is C7H6BrNS. The Balaban J connectivity index is 2.95. The SMILES string of the molecule is C=CC(=N)c1ccc(Br)s1. The molecule has 0 atom stereocenters. The first-order valence-electron chi connectivity index (χ1n) is 2.70. The van der Waals surface area contributed by atoms with E-state index in [1.807, 2.05) is 12.1 Å². The van der Waals surface area contributed by atoms with Gasteiger partial charge in [-0.1, -0.05) is 6.58 Å². The van der Waals surface area contributed by atoms with Gasteiger partial charge in [-0.3, -0.25) is 5.41 Å². The van der Waals surface area contributed by atoms with Crippen molar-refractivity contribution in [1.29, 1.82) is 5.41 Å². The molecule has 0 saturated heterocycles. The van der Waals surface area contributed by atoms with E-state index in [9.17, 15) is 0 Å². The molecule has 0 saturated carbocycles. The standard InChI is InChI=1S/C7H6BrNS/c1-2-5(9)6-3-4-7(8)10-6/h2-4,9H,1H2. The molecule has 1 rings (SSSR count). The summed E-state index contributed by atoms with van der Waals surface area (Å²) in [6.07, 6.45) is 1.54. The van der Waals surface area contributed by atoms with Gasteiger partial charge in [0.25, 0.3) is 0 Å². The second-order valence-electron chi connectivity index (χ2n) is 1.72. The quantitative estimate of drug-likeness (QED) is 0.734. The molecule has 0 amide bonds. The molecule has 3 heteroatoms. The van der Waals surface area contributed by atoms with Gasteiger partial charge in [-0.2, -0.15) is 0 Å². The van der Waals surface area contributed by atoms with Crippen molar-refractivity contribution in [3.8, 4) is 0 Å². The highest BCUT2D eigenvalue weighted by Gasteiger charge is 1.98. The molecule has 1 aromatic heterocycles. The Morgan fingerprint density at radius 2 is 2.40 bits per heavy atom. The summed E-state index contributed by atoms with van der Waals surface area (Å²) in [4.78, 5) is 0.946. The topological polar surface area (TPSA) is 23.9 Å². The van der Waals surface area contributed by atoms with E-state index in [1.165, 1.54) is 6.08 Å². The van der Waals surface area contributed by atoms with Crippen LogP contribution in [-0.4, -0.2) is 5.71 Å². The van der Waals surface area contributed by atoms with Crippen molar-refractivity contribution in [2.45, 2.75) is 0 Å². The van der Waals surface area contributed by atoms with Crippen molar-refractivity contribution in [2.24, 2.45) is 0 Å². The molecular weight excluding hydrogens is 210 g/mol. The fourth-order valence-electron chi connectivity index (χ4n) is 0.560. The minimum atomic E-state index is 0.482. The molecule has 0 aliphatic rings. The maximum atomic E-state index is 7.36. The molecule has 52 valence electrons. The number of rotatable bonds is 2. The van der Waals surface area contributed by atoms with Crippen LogP contribution in [0.5, 0.6) is 0 Å². The Bertz CT molecular complexity index is 264. The van der Waals surface area contributed by atoms with Crippen molar-refractivity contribution in [3.05, 3.63) is 33.5 Å². The number of nitrogens with one attached hydrogen (secondary N) is 1. The molecule has 1 aromatic rings. The first-order valence-corrected chi connectivity index (χ1v) is 4.31. The van der Waals surface area contributed by atoms with Crippen LogP contribution in [0.2, 0.25) is 0 Å². The van der Waals surface area contributed by atoms with Gasteiger partial charge in [0.15, 0.2) is 0 Å². The van der Waals surface area contributed by atoms with Crippen molar-refractivity contribution in [1.82, 2.24) is 0 Å². The average Bonchev–Trinajstić information content (AvgIpc) is 2.34. The van der Waals surface area contributed by atoms with Crippen LogP contribution in [0.15, 0.2) is 28.6 Å². The number of halogens is 1. The average molecular weight is 216 g/mol. The van der Waals surface area contributed by atoms with Gasteiger partial charge >= 0.3 is 0 Å². The lowest BCUT2D eigenvalue weighted by molar-refractivity contribution is 1.53. The van der Waals surface area contributed by atoms with Crippen molar-refractivity contribution in [3.63, 3.8) is 0 Å². The van der Waals surface area contributed by atoms with Crippen LogP contribution < -0.4 is 0 Å². The van der Waals surface area contributed by atoms with Crippen LogP contribution in [0.4, 0.5) is 0 Å². The Labute approximate surface area is 72.0 Å². The van der Waals surface area contributed by atoms with E-state index >= 15 is 0 Å². The summed E-state index contributed by atoms with van der Waals surface area (Å²) in [5.74, 6) is 0. The monoisotopic (exact) mass is 215 g/mol.